The number of aliphatic hydroxyl groups is 2. The summed E-state index contributed by atoms with van der Waals surface area (Å²) in [4.78, 5) is 14.9. The molecule has 0 spiro atoms. The van der Waals surface area contributed by atoms with E-state index in [1.54, 1.807) is 13.0 Å². The van der Waals surface area contributed by atoms with E-state index in [1.807, 2.05) is 0 Å². The second kappa shape index (κ2) is 5.60. The van der Waals surface area contributed by atoms with E-state index < -0.39 is 18.2 Å². The van der Waals surface area contributed by atoms with Crippen LogP contribution in [0.2, 0.25) is 0 Å². The van der Waals surface area contributed by atoms with E-state index in [1.165, 1.54) is 13.3 Å². The average Bonchev–Trinajstić information content (AvgIpc) is 2.28. The van der Waals surface area contributed by atoms with Crippen molar-refractivity contribution >= 4 is 11.7 Å². The number of aromatic nitrogens is 1. The van der Waals surface area contributed by atoms with Crippen LogP contribution in [-0.2, 0) is 9.53 Å². The number of ether oxygens (including phenoxy) is 1. The summed E-state index contributed by atoms with van der Waals surface area (Å²) in [6, 6.07) is 1.64. The van der Waals surface area contributed by atoms with Crippen LogP contribution in [0.1, 0.15) is 23.8 Å². The second-order valence-electron chi connectivity index (χ2n) is 3.76. The zero-order chi connectivity index (χ0) is 13.0. The summed E-state index contributed by atoms with van der Waals surface area (Å²) in [7, 11) is 1.22. The van der Waals surface area contributed by atoms with Gasteiger partial charge in [0.15, 0.2) is 0 Å². The Kier molecular flexibility index (Phi) is 4.42. The van der Waals surface area contributed by atoms with Crippen LogP contribution in [-0.4, -0.2) is 34.4 Å². The summed E-state index contributed by atoms with van der Waals surface area (Å²) in [5, 5.41) is 19.5. The number of methoxy groups -OCH3 is 1. The minimum absolute atomic E-state index is 0.289. The predicted octanol–water partition coefficient (Wildman–Crippen LogP) is -0.0704. The van der Waals surface area contributed by atoms with E-state index in [4.69, 9.17) is 5.73 Å². The van der Waals surface area contributed by atoms with Crippen molar-refractivity contribution in [2.45, 2.75) is 25.6 Å². The Labute approximate surface area is 99.0 Å². The number of nitrogens with zero attached hydrogens (tertiary/aromatic N) is 1. The number of hydrogen-bond acceptors (Lipinski definition) is 6. The number of aryl methyl sites for hydroxylation is 1. The lowest BCUT2D eigenvalue weighted by Gasteiger charge is -2.18. The van der Waals surface area contributed by atoms with Crippen LogP contribution in [0.4, 0.5) is 5.69 Å². The maximum absolute atomic E-state index is 11.0. The first kappa shape index (κ1) is 13.4. The number of pyridine rings is 1. The van der Waals surface area contributed by atoms with Crippen molar-refractivity contribution in [1.29, 1.82) is 0 Å². The first-order valence-electron chi connectivity index (χ1n) is 5.10. The molecule has 0 aliphatic carbocycles. The summed E-state index contributed by atoms with van der Waals surface area (Å²) in [6.07, 6.45) is -1.40. The molecule has 0 saturated carbocycles. The van der Waals surface area contributed by atoms with Crippen molar-refractivity contribution in [1.82, 2.24) is 4.98 Å². The summed E-state index contributed by atoms with van der Waals surface area (Å²) >= 11 is 0. The van der Waals surface area contributed by atoms with Gasteiger partial charge in [0, 0.05) is 0 Å². The second-order valence-corrected chi connectivity index (χ2v) is 3.76. The molecule has 0 fully saturated rings. The molecule has 0 amide bonds. The van der Waals surface area contributed by atoms with Gasteiger partial charge in [0.25, 0.3) is 0 Å². The standard InChI is InChI=1S/C11H16N2O4/c1-6-3-7(12)5-13-10(6)11(16)8(14)4-9(15)17-2/h3,5,8,11,14,16H,4,12H2,1-2H3. The summed E-state index contributed by atoms with van der Waals surface area (Å²) in [5.74, 6) is -0.593. The molecule has 2 unspecified atom stereocenters. The fraction of sp³-hybridized carbons (Fsp3) is 0.455. The highest BCUT2D eigenvalue weighted by Crippen LogP contribution is 2.21. The lowest BCUT2D eigenvalue weighted by Crippen LogP contribution is -2.24. The number of carbonyl (C=O) groups is 1. The Morgan fingerprint density at radius 3 is 2.76 bits per heavy atom. The molecular weight excluding hydrogens is 224 g/mol. The summed E-state index contributed by atoms with van der Waals surface area (Å²) < 4.78 is 4.41. The third kappa shape index (κ3) is 3.40. The first-order chi connectivity index (χ1) is 7.95. The first-order valence-corrected chi connectivity index (χ1v) is 5.10. The average molecular weight is 240 g/mol. The number of nitrogen functional groups attached to an aromatic ring is 1. The fourth-order valence-electron chi connectivity index (χ4n) is 1.46. The number of aliphatic hydroxyl groups excluding tert-OH is 2. The third-order valence-electron chi connectivity index (χ3n) is 2.39. The molecule has 0 aliphatic rings. The maximum atomic E-state index is 11.0. The molecule has 94 valence electrons. The smallest absolute Gasteiger partial charge is 0.308 e. The molecule has 0 aromatic carbocycles. The monoisotopic (exact) mass is 240 g/mol. The van der Waals surface area contributed by atoms with Crippen LogP contribution >= 0.6 is 0 Å². The van der Waals surface area contributed by atoms with Gasteiger partial charge in [0.05, 0.1) is 37.2 Å². The topological polar surface area (TPSA) is 106 Å². The molecule has 0 radical (unpaired) electrons. The van der Waals surface area contributed by atoms with Crippen LogP contribution in [0.3, 0.4) is 0 Å². The Hall–Kier alpha value is -1.66. The number of hydrogen-bond donors (Lipinski definition) is 3. The van der Waals surface area contributed by atoms with Gasteiger partial charge in [-0.1, -0.05) is 0 Å². The van der Waals surface area contributed by atoms with Gasteiger partial charge in [0.1, 0.15) is 6.10 Å². The Bertz CT molecular complexity index is 408. The largest absolute Gasteiger partial charge is 0.469 e. The van der Waals surface area contributed by atoms with Crippen molar-refractivity contribution in [2.24, 2.45) is 0 Å². The minimum Gasteiger partial charge on any atom is -0.469 e. The number of nitrogens with two attached hydrogens (primary N) is 1. The molecule has 6 heteroatoms. The van der Waals surface area contributed by atoms with Crippen molar-refractivity contribution in [3.05, 3.63) is 23.5 Å². The highest BCUT2D eigenvalue weighted by molar-refractivity contribution is 5.69. The molecule has 6 nitrogen and oxygen atoms in total. The zero-order valence-electron chi connectivity index (χ0n) is 9.75. The lowest BCUT2D eigenvalue weighted by molar-refractivity contribution is -0.144. The van der Waals surface area contributed by atoms with E-state index in [0.717, 1.165) is 0 Å². The van der Waals surface area contributed by atoms with Crippen LogP contribution in [0, 0.1) is 6.92 Å². The number of anilines is 1. The molecule has 1 aromatic rings. The summed E-state index contributed by atoms with van der Waals surface area (Å²) in [5.41, 5.74) is 6.95. The van der Waals surface area contributed by atoms with Crippen LogP contribution in [0.25, 0.3) is 0 Å². The van der Waals surface area contributed by atoms with Gasteiger partial charge in [-0.2, -0.15) is 0 Å². The summed E-state index contributed by atoms with van der Waals surface area (Å²) in [6.45, 7) is 1.72. The number of rotatable bonds is 4. The molecule has 17 heavy (non-hydrogen) atoms. The van der Waals surface area contributed by atoms with E-state index in [0.29, 0.717) is 16.9 Å². The van der Waals surface area contributed by atoms with Crippen LogP contribution in [0.5, 0.6) is 0 Å². The van der Waals surface area contributed by atoms with Gasteiger partial charge in [-0.05, 0) is 18.6 Å². The van der Waals surface area contributed by atoms with Crippen molar-refractivity contribution in [3.8, 4) is 0 Å². The van der Waals surface area contributed by atoms with Gasteiger partial charge in [0.2, 0.25) is 0 Å². The molecule has 1 rings (SSSR count). The van der Waals surface area contributed by atoms with Crippen LogP contribution < -0.4 is 5.73 Å². The van der Waals surface area contributed by atoms with Gasteiger partial charge in [-0.15, -0.1) is 0 Å². The lowest BCUT2D eigenvalue weighted by atomic mass is 10.0. The third-order valence-corrected chi connectivity index (χ3v) is 2.39. The van der Waals surface area contributed by atoms with Gasteiger partial charge >= 0.3 is 5.97 Å². The molecule has 0 bridgehead atoms. The molecular formula is C11H16N2O4. The fourth-order valence-corrected chi connectivity index (χ4v) is 1.46. The van der Waals surface area contributed by atoms with Gasteiger partial charge in [-0.3, -0.25) is 9.78 Å². The molecule has 0 saturated heterocycles. The normalized spacial score (nSPS) is 14.1. The highest BCUT2D eigenvalue weighted by Gasteiger charge is 2.24. The quantitative estimate of drug-likeness (QED) is 0.636. The maximum Gasteiger partial charge on any atom is 0.308 e. The minimum atomic E-state index is -1.25. The van der Waals surface area contributed by atoms with E-state index in [2.05, 4.69) is 9.72 Å². The Morgan fingerprint density at radius 1 is 1.59 bits per heavy atom. The van der Waals surface area contributed by atoms with Crippen LogP contribution in [0.15, 0.2) is 12.3 Å². The number of esters is 1. The molecule has 2 atom stereocenters. The zero-order valence-corrected chi connectivity index (χ0v) is 9.75. The SMILES string of the molecule is COC(=O)CC(O)C(O)c1ncc(N)cc1C. The van der Waals surface area contributed by atoms with Gasteiger partial charge < -0.3 is 20.7 Å². The van der Waals surface area contributed by atoms with Crippen molar-refractivity contribution < 1.29 is 19.7 Å². The van der Waals surface area contributed by atoms with E-state index in [-0.39, 0.29) is 6.42 Å². The Balaban J connectivity index is 2.81. The predicted molar refractivity (Wildman–Crippen MR) is 61.0 cm³/mol. The number of carbonyl (C=O) groups excluding carboxylic acids is 1. The molecule has 1 heterocycles. The van der Waals surface area contributed by atoms with E-state index >= 15 is 0 Å². The van der Waals surface area contributed by atoms with Crippen molar-refractivity contribution in [3.63, 3.8) is 0 Å². The van der Waals surface area contributed by atoms with Gasteiger partial charge in [-0.25, -0.2) is 0 Å². The van der Waals surface area contributed by atoms with Crippen molar-refractivity contribution in [2.75, 3.05) is 12.8 Å². The molecule has 1 aromatic heterocycles. The molecule has 4 N–H and O–H groups in total. The highest BCUT2D eigenvalue weighted by atomic mass is 16.5. The molecule has 0 aliphatic heterocycles. The van der Waals surface area contributed by atoms with E-state index in [9.17, 15) is 15.0 Å². The Morgan fingerprint density at radius 2 is 2.24 bits per heavy atom.